The molecule has 4 aromatic carbocycles. The molecule has 3 heterocycles. The number of amides is 2. The van der Waals surface area contributed by atoms with Gasteiger partial charge in [0.15, 0.2) is 0 Å². The Morgan fingerprint density at radius 1 is 0.676 bits per heavy atom. The molecule has 0 aliphatic carbocycles. The molecular formula is C30H24N6O. The van der Waals surface area contributed by atoms with E-state index in [4.69, 9.17) is 9.97 Å². The van der Waals surface area contributed by atoms with E-state index < -0.39 is 0 Å². The zero-order valence-electron chi connectivity index (χ0n) is 20.1. The van der Waals surface area contributed by atoms with E-state index >= 15 is 0 Å². The number of urea groups is 1. The van der Waals surface area contributed by atoms with Crippen LogP contribution in [0.15, 0.2) is 91.1 Å². The van der Waals surface area contributed by atoms with Crippen LogP contribution in [0.25, 0.3) is 43.6 Å². The summed E-state index contributed by atoms with van der Waals surface area (Å²) < 4.78 is 0. The molecule has 2 amide bonds. The number of nitrogens with zero attached hydrogens (tertiary/aromatic N) is 5. The van der Waals surface area contributed by atoms with Crippen molar-refractivity contribution in [3.63, 3.8) is 0 Å². The second-order valence-electron chi connectivity index (χ2n) is 9.31. The number of hydrogen-bond acceptors (Lipinski definition) is 5. The minimum Gasteiger partial charge on any atom is -0.353 e. The highest BCUT2D eigenvalue weighted by molar-refractivity contribution is 6.23. The number of nitrogens with one attached hydrogen (secondary N) is 1. The monoisotopic (exact) mass is 484 g/mol. The van der Waals surface area contributed by atoms with Gasteiger partial charge in [0, 0.05) is 48.8 Å². The molecule has 0 unspecified atom stereocenters. The van der Waals surface area contributed by atoms with Gasteiger partial charge in [0.05, 0.1) is 22.1 Å². The standard InChI is InChI=1S/C30H24N6O/c37-30(36-17-15-35(16-18-36)27-11-5-6-14-31-27)32-20-12-13-25-26(19-20)34-29-24-10-4-2-8-22(24)21-7-1-3-9-23(21)28(29)33-25/h1-14,19H,15-18H2,(H,32,37). The summed E-state index contributed by atoms with van der Waals surface area (Å²) in [5.74, 6) is 0.947. The number of pyridine rings is 1. The Kier molecular flexibility index (Phi) is 5.06. The highest BCUT2D eigenvalue weighted by Gasteiger charge is 2.22. The fourth-order valence-electron chi connectivity index (χ4n) is 5.24. The normalized spacial score (nSPS) is 14.1. The first-order valence-electron chi connectivity index (χ1n) is 12.5. The molecule has 6 aromatic rings. The Morgan fingerprint density at radius 3 is 1.95 bits per heavy atom. The van der Waals surface area contributed by atoms with Crippen molar-refractivity contribution in [3.05, 3.63) is 91.1 Å². The topological polar surface area (TPSA) is 74.2 Å². The fourth-order valence-corrected chi connectivity index (χ4v) is 5.24. The molecule has 0 saturated carbocycles. The lowest BCUT2D eigenvalue weighted by Gasteiger charge is -2.35. The van der Waals surface area contributed by atoms with Crippen molar-refractivity contribution in [2.24, 2.45) is 0 Å². The van der Waals surface area contributed by atoms with Crippen LogP contribution in [0.3, 0.4) is 0 Å². The van der Waals surface area contributed by atoms with Gasteiger partial charge in [-0.25, -0.2) is 19.7 Å². The molecule has 37 heavy (non-hydrogen) atoms. The number of benzene rings is 4. The van der Waals surface area contributed by atoms with E-state index in [0.717, 1.165) is 57.1 Å². The maximum atomic E-state index is 13.0. The van der Waals surface area contributed by atoms with Crippen LogP contribution in [0.1, 0.15) is 0 Å². The summed E-state index contributed by atoms with van der Waals surface area (Å²) in [7, 11) is 0. The van der Waals surface area contributed by atoms with E-state index in [1.807, 2.05) is 53.4 Å². The van der Waals surface area contributed by atoms with Gasteiger partial charge in [-0.2, -0.15) is 0 Å². The van der Waals surface area contributed by atoms with E-state index in [9.17, 15) is 4.79 Å². The molecule has 1 aliphatic rings. The van der Waals surface area contributed by atoms with Crippen LogP contribution in [-0.2, 0) is 0 Å². The number of rotatable bonds is 2. The summed E-state index contributed by atoms with van der Waals surface area (Å²) in [6.45, 7) is 2.78. The Morgan fingerprint density at radius 2 is 1.30 bits per heavy atom. The number of hydrogen-bond donors (Lipinski definition) is 1. The average molecular weight is 485 g/mol. The van der Waals surface area contributed by atoms with Gasteiger partial charge in [-0.15, -0.1) is 0 Å². The van der Waals surface area contributed by atoms with E-state index in [0.29, 0.717) is 18.8 Å². The lowest BCUT2D eigenvalue weighted by molar-refractivity contribution is 0.208. The molecule has 0 atom stereocenters. The van der Waals surface area contributed by atoms with Gasteiger partial charge in [0.2, 0.25) is 0 Å². The van der Waals surface area contributed by atoms with Crippen LogP contribution in [0.2, 0.25) is 0 Å². The van der Waals surface area contributed by atoms with E-state index in [1.165, 1.54) is 5.39 Å². The quantitative estimate of drug-likeness (QED) is 0.247. The third-order valence-corrected chi connectivity index (χ3v) is 7.11. The van der Waals surface area contributed by atoms with Crippen molar-refractivity contribution in [2.45, 2.75) is 0 Å². The first-order valence-corrected chi connectivity index (χ1v) is 12.5. The van der Waals surface area contributed by atoms with Crippen molar-refractivity contribution in [3.8, 4) is 0 Å². The van der Waals surface area contributed by atoms with Crippen molar-refractivity contribution in [1.29, 1.82) is 0 Å². The number of fused-ring (bicyclic) bond motifs is 7. The molecule has 0 radical (unpaired) electrons. The summed E-state index contributed by atoms with van der Waals surface area (Å²) >= 11 is 0. The Balaban J connectivity index is 1.19. The van der Waals surface area contributed by atoms with Crippen molar-refractivity contribution < 1.29 is 4.79 Å². The molecule has 7 rings (SSSR count). The lowest BCUT2D eigenvalue weighted by Crippen LogP contribution is -2.50. The summed E-state index contributed by atoms with van der Waals surface area (Å²) in [6.07, 6.45) is 1.80. The predicted octanol–water partition coefficient (Wildman–Crippen LogP) is 5.84. The van der Waals surface area contributed by atoms with Gasteiger partial charge in [0.25, 0.3) is 0 Å². The molecule has 1 fully saturated rings. The van der Waals surface area contributed by atoms with E-state index in [-0.39, 0.29) is 6.03 Å². The number of piperazine rings is 1. The highest BCUT2D eigenvalue weighted by atomic mass is 16.2. The maximum Gasteiger partial charge on any atom is 0.321 e. The van der Waals surface area contributed by atoms with E-state index in [1.54, 1.807) is 6.20 Å². The maximum absolute atomic E-state index is 13.0. The average Bonchev–Trinajstić information content (AvgIpc) is 2.97. The Hall–Kier alpha value is -4.78. The summed E-state index contributed by atoms with van der Waals surface area (Å²) in [4.78, 5) is 31.5. The van der Waals surface area contributed by atoms with Crippen molar-refractivity contribution in [2.75, 3.05) is 36.4 Å². The predicted molar refractivity (Wildman–Crippen MR) is 149 cm³/mol. The van der Waals surface area contributed by atoms with Gasteiger partial charge >= 0.3 is 6.03 Å². The molecule has 1 aliphatic heterocycles. The number of aromatic nitrogens is 3. The number of carbonyl (C=O) groups is 1. The summed E-state index contributed by atoms with van der Waals surface area (Å²) in [5, 5.41) is 7.56. The molecule has 0 spiro atoms. The SMILES string of the molecule is O=C(Nc1ccc2nc3c4ccccc4c4ccccc4c3nc2c1)N1CCN(c2ccccn2)CC1. The summed E-state index contributed by atoms with van der Waals surface area (Å²) in [6, 6.07) is 28.2. The molecule has 7 heteroatoms. The van der Waals surface area contributed by atoms with Crippen LogP contribution in [0.4, 0.5) is 16.3 Å². The van der Waals surface area contributed by atoms with Crippen LogP contribution < -0.4 is 10.2 Å². The van der Waals surface area contributed by atoms with E-state index in [2.05, 4.69) is 51.6 Å². The van der Waals surface area contributed by atoms with Gasteiger partial charge in [-0.05, 0) is 41.1 Å². The first kappa shape index (κ1) is 21.5. The molecule has 1 saturated heterocycles. The third-order valence-electron chi connectivity index (χ3n) is 7.11. The van der Waals surface area contributed by atoms with Crippen LogP contribution >= 0.6 is 0 Å². The van der Waals surface area contributed by atoms with Gasteiger partial charge in [-0.1, -0.05) is 54.6 Å². The Bertz CT molecular complexity index is 1800. The number of carbonyl (C=O) groups excluding carboxylic acids is 1. The van der Waals surface area contributed by atoms with Crippen molar-refractivity contribution >= 4 is 61.1 Å². The highest BCUT2D eigenvalue weighted by Crippen LogP contribution is 2.34. The zero-order valence-corrected chi connectivity index (χ0v) is 20.1. The molecular weight excluding hydrogens is 460 g/mol. The minimum absolute atomic E-state index is 0.106. The van der Waals surface area contributed by atoms with Gasteiger partial charge < -0.3 is 15.1 Å². The second-order valence-corrected chi connectivity index (χ2v) is 9.31. The second kappa shape index (κ2) is 8.71. The Labute approximate surface area is 213 Å². The molecule has 7 nitrogen and oxygen atoms in total. The third kappa shape index (κ3) is 3.76. The lowest BCUT2D eigenvalue weighted by atomic mass is 9.99. The van der Waals surface area contributed by atoms with Crippen LogP contribution in [0.5, 0.6) is 0 Å². The smallest absolute Gasteiger partial charge is 0.321 e. The fraction of sp³-hybridized carbons (Fsp3) is 0.133. The van der Waals surface area contributed by atoms with Crippen LogP contribution in [0, 0.1) is 0 Å². The largest absolute Gasteiger partial charge is 0.353 e. The molecule has 2 aromatic heterocycles. The van der Waals surface area contributed by atoms with Crippen LogP contribution in [-0.4, -0.2) is 52.1 Å². The summed E-state index contributed by atoms with van der Waals surface area (Å²) in [5.41, 5.74) is 4.03. The minimum atomic E-state index is -0.106. The van der Waals surface area contributed by atoms with Gasteiger partial charge in [0.1, 0.15) is 5.82 Å². The molecule has 1 N–H and O–H groups in total. The van der Waals surface area contributed by atoms with Crippen molar-refractivity contribution in [1.82, 2.24) is 19.9 Å². The molecule has 180 valence electrons. The number of anilines is 2. The first-order chi connectivity index (χ1) is 18.2. The zero-order chi connectivity index (χ0) is 24.8. The van der Waals surface area contributed by atoms with Gasteiger partial charge in [-0.3, -0.25) is 0 Å². The molecule has 0 bridgehead atoms.